The van der Waals surface area contributed by atoms with Crippen molar-refractivity contribution in [1.82, 2.24) is 15.1 Å². The topological polar surface area (TPSA) is 94.0 Å². The molecule has 0 saturated carbocycles. The van der Waals surface area contributed by atoms with Crippen molar-refractivity contribution in [2.24, 2.45) is 0 Å². The second-order valence-electron chi connectivity index (χ2n) is 5.95. The smallest absolute Gasteiger partial charge is 0.259 e. The van der Waals surface area contributed by atoms with Crippen molar-refractivity contribution in [3.8, 4) is 22.0 Å². The lowest BCUT2D eigenvalue weighted by Gasteiger charge is -2.05. The van der Waals surface area contributed by atoms with Crippen molar-refractivity contribution in [1.29, 1.82) is 0 Å². The lowest BCUT2D eigenvalue weighted by atomic mass is 10.1. The third kappa shape index (κ3) is 2.90. The largest absolute Gasteiger partial charge is 0.463 e. The normalized spacial score (nSPS) is 11.2. The average molecular weight is 408 g/mol. The molecule has 0 aromatic carbocycles. The SMILES string of the molecule is Cc1noc2nc(-c3ccco3)cc(C(=O)Nc3nc(-c4cccs4)cs3)c12. The highest BCUT2D eigenvalue weighted by atomic mass is 32.1. The Labute approximate surface area is 166 Å². The highest BCUT2D eigenvalue weighted by molar-refractivity contribution is 7.16. The number of aryl methyl sites for hydroxylation is 1. The molecule has 0 aliphatic carbocycles. The second kappa shape index (κ2) is 6.70. The molecule has 1 amide bonds. The van der Waals surface area contributed by atoms with Gasteiger partial charge >= 0.3 is 0 Å². The summed E-state index contributed by atoms with van der Waals surface area (Å²) in [4.78, 5) is 23.0. The molecular weight excluding hydrogens is 396 g/mol. The fourth-order valence-corrected chi connectivity index (χ4v) is 4.32. The van der Waals surface area contributed by atoms with Crippen LogP contribution in [0.3, 0.4) is 0 Å². The number of hydrogen-bond donors (Lipinski definition) is 1. The Kier molecular flexibility index (Phi) is 4.03. The number of nitrogens with zero attached hydrogens (tertiary/aromatic N) is 3. The summed E-state index contributed by atoms with van der Waals surface area (Å²) >= 11 is 2.98. The second-order valence-corrected chi connectivity index (χ2v) is 7.76. The van der Waals surface area contributed by atoms with Crippen LogP contribution in [-0.2, 0) is 0 Å². The summed E-state index contributed by atoms with van der Waals surface area (Å²) in [6.45, 7) is 1.77. The van der Waals surface area contributed by atoms with E-state index in [2.05, 4.69) is 20.4 Å². The first kappa shape index (κ1) is 16.8. The van der Waals surface area contributed by atoms with E-state index in [-0.39, 0.29) is 11.6 Å². The van der Waals surface area contributed by atoms with E-state index >= 15 is 0 Å². The first-order valence-electron chi connectivity index (χ1n) is 8.31. The van der Waals surface area contributed by atoms with Crippen molar-refractivity contribution in [2.45, 2.75) is 6.92 Å². The van der Waals surface area contributed by atoms with Gasteiger partial charge in [0.2, 0.25) is 0 Å². The predicted molar refractivity (Wildman–Crippen MR) is 108 cm³/mol. The lowest BCUT2D eigenvalue weighted by Crippen LogP contribution is -2.13. The quantitative estimate of drug-likeness (QED) is 0.438. The lowest BCUT2D eigenvalue weighted by molar-refractivity contribution is 0.102. The summed E-state index contributed by atoms with van der Waals surface area (Å²) < 4.78 is 10.7. The van der Waals surface area contributed by atoms with Gasteiger partial charge < -0.3 is 8.94 Å². The van der Waals surface area contributed by atoms with Gasteiger partial charge in [-0.15, -0.1) is 22.7 Å². The summed E-state index contributed by atoms with van der Waals surface area (Å²) in [5, 5.41) is 11.8. The fourth-order valence-electron chi connectivity index (χ4n) is 2.86. The number of hydrogen-bond acceptors (Lipinski definition) is 8. The third-order valence-electron chi connectivity index (χ3n) is 4.13. The maximum Gasteiger partial charge on any atom is 0.259 e. The van der Waals surface area contributed by atoms with Crippen LogP contribution >= 0.6 is 22.7 Å². The molecule has 5 aromatic rings. The van der Waals surface area contributed by atoms with Gasteiger partial charge in [-0.3, -0.25) is 10.1 Å². The molecule has 1 N–H and O–H groups in total. The van der Waals surface area contributed by atoms with Crippen molar-refractivity contribution >= 4 is 44.8 Å². The van der Waals surface area contributed by atoms with Crippen LogP contribution in [0.2, 0.25) is 0 Å². The molecule has 0 atom stereocenters. The number of aromatic nitrogens is 3. The Balaban J connectivity index is 1.53. The van der Waals surface area contributed by atoms with Crippen LogP contribution < -0.4 is 5.32 Å². The van der Waals surface area contributed by atoms with Gasteiger partial charge in [-0.2, -0.15) is 0 Å². The molecular formula is C19H12N4O3S2. The van der Waals surface area contributed by atoms with Crippen LogP contribution in [0.1, 0.15) is 16.1 Å². The maximum absolute atomic E-state index is 13.0. The Bertz CT molecular complexity index is 1270. The van der Waals surface area contributed by atoms with Gasteiger partial charge in [0.15, 0.2) is 10.9 Å². The molecule has 0 aliphatic heterocycles. The van der Waals surface area contributed by atoms with Crippen molar-refractivity contribution in [3.05, 3.63) is 58.6 Å². The predicted octanol–water partition coefficient (Wildman–Crippen LogP) is 5.23. The van der Waals surface area contributed by atoms with E-state index in [0.717, 1.165) is 10.6 Å². The number of anilines is 1. The average Bonchev–Trinajstić information content (AvgIpc) is 3.48. The maximum atomic E-state index is 13.0. The van der Waals surface area contributed by atoms with E-state index in [9.17, 15) is 4.79 Å². The van der Waals surface area contributed by atoms with Crippen LogP contribution in [-0.4, -0.2) is 21.0 Å². The number of rotatable bonds is 4. The van der Waals surface area contributed by atoms with Crippen LogP contribution in [0.15, 0.2) is 56.3 Å². The number of amides is 1. The fraction of sp³-hybridized carbons (Fsp3) is 0.0526. The minimum absolute atomic E-state index is 0.287. The van der Waals surface area contributed by atoms with Gasteiger partial charge in [0.05, 0.1) is 33.5 Å². The molecule has 0 saturated heterocycles. The Morgan fingerprint density at radius 1 is 1.14 bits per heavy atom. The number of thiazole rings is 1. The van der Waals surface area contributed by atoms with Gasteiger partial charge in [-0.05, 0) is 36.6 Å². The van der Waals surface area contributed by atoms with Crippen LogP contribution in [0.5, 0.6) is 0 Å². The van der Waals surface area contributed by atoms with Gasteiger partial charge in [0, 0.05) is 5.38 Å². The number of furan rings is 1. The molecule has 7 nitrogen and oxygen atoms in total. The zero-order valence-electron chi connectivity index (χ0n) is 14.5. The van der Waals surface area contributed by atoms with E-state index in [1.807, 2.05) is 22.9 Å². The van der Waals surface area contributed by atoms with E-state index < -0.39 is 0 Å². The highest BCUT2D eigenvalue weighted by Gasteiger charge is 2.21. The molecule has 0 unspecified atom stereocenters. The van der Waals surface area contributed by atoms with Gasteiger partial charge in [-0.25, -0.2) is 9.97 Å². The zero-order chi connectivity index (χ0) is 19.1. The van der Waals surface area contributed by atoms with Crippen molar-refractivity contribution in [3.63, 3.8) is 0 Å². The third-order valence-corrected chi connectivity index (χ3v) is 5.78. The number of thiophene rings is 1. The monoisotopic (exact) mass is 408 g/mol. The molecule has 0 spiro atoms. The van der Waals surface area contributed by atoms with Gasteiger partial charge in [-0.1, -0.05) is 11.2 Å². The summed E-state index contributed by atoms with van der Waals surface area (Å²) in [7, 11) is 0. The number of carbonyl (C=O) groups is 1. The number of nitrogens with one attached hydrogen (secondary N) is 1. The van der Waals surface area contributed by atoms with Crippen molar-refractivity contribution in [2.75, 3.05) is 5.32 Å². The molecule has 0 fully saturated rings. The summed E-state index contributed by atoms with van der Waals surface area (Å²) in [6, 6.07) is 9.17. The number of fused-ring (bicyclic) bond motifs is 1. The molecule has 5 heterocycles. The minimum atomic E-state index is -0.307. The number of pyridine rings is 1. The zero-order valence-corrected chi connectivity index (χ0v) is 16.1. The van der Waals surface area contributed by atoms with E-state index in [1.165, 1.54) is 11.3 Å². The first-order valence-corrected chi connectivity index (χ1v) is 10.1. The minimum Gasteiger partial charge on any atom is -0.463 e. The Hall–Kier alpha value is -3.30. The van der Waals surface area contributed by atoms with Crippen LogP contribution in [0.4, 0.5) is 5.13 Å². The standard InChI is InChI=1S/C19H12N4O3S2/c1-10-16-11(8-12(14-4-2-6-25-14)20-18(16)26-23-10)17(24)22-19-21-13(9-28-19)15-5-3-7-27-15/h2-9H,1H3,(H,21,22,24). The molecule has 0 aliphatic rings. The molecule has 9 heteroatoms. The van der Waals surface area contributed by atoms with E-state index in [4.69, 9.17) is 8.94 Å². The molecule has 138 valence electrons. The van der Waals surface area contributed by atoms with Crippen LogP contribution in [0.25, 0.3) is 33.1 Å². The summed E-state index contributed by atoms with van der Waals surface area (Å²) in [6.07, 6.45) is 1.55. The van der Waals surface area contributed by atoms with Crippen LogP contribution in [0, 0.1) is 6.92 Å². The summed E-state index contributed by atoms with van der Waals surface area (Å²) in [5.74, 6) is 0.234. The number of carbonyl (C=O) groups excluding carboxylic acids is 1. The Morgan fingerprint density at radius 2 is 2.07 bits per heavy atom. The van der Waals surface area contributed by atoms with E-state index in [1.54, 1.807) is 42.7 Å². The summed E-state index contributed by atoms with van der Waals surface area (Å²) in [5.41, 5.74) is 2.62. The molecule has 5 rings (SSSR count). The Morgan fingerprint density at radius 3 is 2.86 bits per heavy atom. The van der Waals surface area contributed by atoms with Crippen molar-refractivity contribution < 1.29 is 13.7 Å². The molecule has 28 heavy (non-hydrogen) atoms. The van der Waals surface area contributed by atoms with Gasteiger partial charge in [0.1, 0.15) is 5.69 Å². The highest BCUT2D eigenvalue weighted by Crippen LogP contribution is 2.30. The molecule has 0 bridgehead atoms. The molecule has 5 aromatic heterocycles. The van der Waals surface area contributed by atoms with E-state index in [0.29, 0.717) is 33.2 Å². The van der Waals surface area contributed by atoms with Gasteiger partial charge in [0.25, 0.3) is 11.6 Å². The first-order chi connectivity index (χ1) is 13.7. The molecule has 0 radical (unpaired) electrons.